The lowest BCUT2D eigenvalue weighted by Crippen LogP contribution is -2.13. The molecule has 0 atom stereocenters. The molecule has 0 aliphatic heterocycles. The highest BCUT2D eigenvalue weighted by Gasteiger charge is 2.38. The number of phenols is 1. The first kappa shape index (κ1) is 21.0. The average Bonchev–Trinajstić information content (AvgIpc) is 3.03. The summed E-state index contributed by atoms with van der Waals surface area (Å²) in [7, 11) is 1.21. The van der Waals surface area contributed by atoms with Crippen molar-refractivity contribution < 1.29 is 35.9 Å². The van der Waals surface area contributed by atoms with Gasteiger partial charge in [-0.3, -0.25) is 4.68 Å². The van der Waals surface area contributed by atoms with Crippen molar-refractivity contribution in [1.29, 1.82) is 0 Å². The number of halogens is 7. The van der Waals surface area contributed by atoms with E-state index in [1.807, 2.05) is 0 Å². The first-order chi connectivity index (χ1) is 14.3. The third-order valence-corrected chi connectivity index (χ3v) is 5.00. The molecule has 0 bridgehead atoms. The maximum atomic E-state index is 13.5. The maximum Gasteiger partial charge on any atom is 0.435 e. The molecule has 5 nitrogen and oxygen atoms in total. The van der Waals surface area contributed by atoms with Crippen molar-refractivity contribution in [3.05, 3.63) is 57.0 Å². The largest absolute Gasteiger partial charge is 0.507 e. The fraction of sp³-hybridized carbons (Fsp3) is 0.158. The number of aromatic hydroxyl groups is 1. The first-order valence-corrected chi connectivity index (χ1v) is 8.78. The molecular weight excluding hydrogens is 454 g/mol. The van der Waals surface area contributed by atoms with Crippen LogP contribution in [0.4, 0.5) is 26.3 Å². The molecule has 0 unspecified atom stereocenters. The fourth-order valence-corrected chi connectivity index (χ4v) is 3.68. The number of fused-ring (bicyclic) bond motifs is 3. The summed E-state index contributed by atoms with van der Waals surface area (Å²) in [6.07, 6.45) is -9.76. The summed E-state index contributed by atoms with van der Waals surface area (Å²) in [5.41, 5.74) is -4.69. The number of nitrogens with zero attached hydrogens (tertiary/aromatic N) is 2. The van der Waals surface area contributed by atoms with Crippen LogP contribution in [0.25, 0.3) is 33.0 Å². The van der Waals surface area contributed by atoms with Gasteiger partial charge >= 0.3 is 18.0 Å². The van der Waals surface area contributed by atoms with Crippen LogP contribution in [0.5, 0.6) is 5.75 Å². The fourth-order valence-electron chi connectivity index (χ4n) is 3.42. The van der Waals surface area contributed by atoms with E-state index in [1.165, 1.54) is 13.1 Å². The summed E-state index contributed by atoms with van der Waals surface area (Å²) >= 11 is 5.66. The SMILES string of the molecule is Cn1nc(C(F)(F)F)cc1-c1ccc(O)c2c1oc(=O)c1c(C(F)(F)F)c(Cl)ccc12. The maximum absolute atomic E-state index is 13.5. The minimum Gasteiger partial charge on any atom is -0.507 e. The number of alkyl halides is 6. The van der Waals surface area contributed by atoms with Gasteiger partial charge in [0.2, 0.25) is 0 Å². The van der Waals surface area contributed by atoms with E-state index in [-0.39, 0.29) is 22.0 Å². The lowest BCUT2D eigenvalue weighted by atomic mass is 9.99. The van der Waals surface area contributed by atoms with Crippen molar-refractivity contribution >= 4 is 33.3 Å². The Morgan fingerprint density at radius 3 is 2.29 bits per heavy atom. The van der Waals surface area contributed by atoms with Gasteiger partial charge in [-0.25, -0.2) is 4.79 Å². The van der Waals surface area contributed by atoms with Gasteiger partial charge in [-0.05, 0) is 24.3 Å². The van der Waals surface area contributed by atoms with Crippen LogP contribution >= 0.6 is 11.6 Å². The molecule has 4 aromatic rings. The molecule has 2 aromatic heterocycles. The molecule has 2 heterocycles. The molecule has 0 spiro atoms. The van der Waals surface area contributed by atoms with Gasteiger partial charge in [-0.2, -0.15) is 31.4 Å². The molecule has 0 radical (unpaired) electrons. The zero-order valence-electron chi connectivity index (χ0n) is 15.2. The van der Waals surface area contributed by atoms with Crippen molar-refractivity contribution in [3.8, 4) is 17.0 Å². The Labute approximate surface area is 173 Å². The number of aryl methyl sites for hydroxylation is 1. The summed E-state index contributed by atoms with van der Waals surface area (Å²) in [5, 5.41) is 11.4. The van der Waals surface area contributed by atoms with Crippen LogP contribution < -0.4 is 5.63 Å². The second-order valence-corrected chi connectivity index (χ2v) is 7.01. The molecule has 0 aliphatic rings. The smallest absolute Gasteiger partial charge is 0.435 e. The molecule has 4 rings (SSSR count). The van der Waals surface area contributed by atoms with Crippen LogP contribution in [0.1, 0.15) is 11.3 Å². The Morgan fingerprint density at radius 2 is 1.71 bits per heavy atom. The van der Waals surface area contributed by atoms with Crippen molar-refractivity contribution in [2.45, 2.75) is 12.4 Å². The van der Waals surface area contributed by atoms with E-state index in [2.05, 4.69) is 5.10 Å². The molecule has 0 saturated heterocycles. The Bertz CT molecular complexity index is 1420. The van der Waals surface area contributed by atoms with Crippen LogP contribution in [-0.4, -0.2) is 14.9 Å². The highest BCUT2D eigenvalue weighted by molar-refractivity contribution is 6.33. The van der Waals surface area contributed by atoms with Crippen molar-refractivity contribution in [2.75, 3.05) is 0 Å². The topological polar surface area (TPSA) is 68.3 Å². The lowest BCUT2D eigenvalue weighted by Gasteiger charge is -2.14. The molecule has 162 valence electrons. The molecule has 31 heavy (non-hydrogen) atoms. The zero-order chi connectivity index (χ0) is 22.9. The third kappa shape index (κ3) is 3.29. The van der Waals surface area contributed by atoms with Gasteiger partial charge in [0, 0.05) is 18.0 Å². The monoisotopic (exact) mass is 462 g/mol. The zero-order valence-corrected chi connectivity index (χ0v) is 15.9. The predicted octanol–water partition coefficient (Wildman–Crippen LogP) is 5.74. The standard InChI is InChI=1S/C19H9ClF6N2O3/c1-28-10(6-12(27-28)18(21,22)23)7-3-5-11(29)13-8-2-4-9(20)15(19(24,25)26)14(8)17(30)31-16(7)13/h2-6,29H,1H3. The first-order valence-electron chi connectivity index (χ1n) is 8.40. The Morgan fingerprint density at radius 1 is 1.03 bits per heavy atom. The van der Waals surface area contributed by atoms with Gasteiger partial charge < -0.3 is 9.52 Å². The minimum absolute atomic E-state index is 0.0826. The van der Waals surface area contributed by atoms with Gasteiger partial charge in [-0.1, -0.05) is 17.7 Å². The third-order valence-electron chi connectivity index (χ3n) is 4.69. The van der Waals surface area contributed by atoms with Gasteiger partial charge in [0.25, 0.3) is 0 Å². The lowest BCUT2D eigenvalue weighted by molar-refractivity contribution is -0.141. The number of phenolic OH excluding ortho intramolecular Hbond substituents is 1. The molecule has 0 fully saturated rings. The van der Waals surface area contributed by atoms with E-state index < -0.39 is 51.0 Å². The Balaban J connectivity index is 2.16. The number of aromatic nitrogens is 2. The number of rotatable bonds is 1. The molecule has 0 aliphatic carbocycles. The van der Waals surface area contributed by atoms with E-state index >= 15 is 0 Å². The summed E-state index contributed by atoms with van der Waals surface area (Å²) in [6.45, 7) is 0. The second-order valence-electron chi connectivity index (χ2n) is 6.60. The number of benzene rings is 2. The summed E-state index contributed by atoms with van der Waals surface area (Å²) in [5.74, 6) is -0.541. The molecular formula is C19H9ClF6N2O3. The second kappa shape index (κ2) is 6.64. The highest BCUT2D eigenvalue weighted by atomic mass is 35.5. The summed E-state index contributed by atoms with van der Waals surface area (Å²) in [4.78, 5) is 12.5. The summed E-state index contributed by atoms with van der Waals surface area (Å²) < 4.78 is 85.6. The molecule has 0 amide bonds. The van der Waals surface area contributed by atoms with Crippen LogP contribution in [-0.2, 0) is 19.4 Å². The van der Waals surface area contributed by atoms with Crippen LogP contribution in [0, 0.1) is 0 Å². The van der Waals surface area contributed by atoms with E-state index in [1.54, 1.807) is 0 Å². The quantitative estimate of drug-likeness (QED) is 0.222. The van der Waals surface area contributed by atoms with E-state index in [0.717, 1.165) is 22.9 Å². The predicted molar refractivity (Wildman–Crippen MR) is 98.9 cm³/mol. The number of hydrogen-bond donors (Lipinski definition) is 1. The van der Waals surface area contributed by atoms with Crippen molar-refractivity contribution in [3.63, 3.8) is 0 Å². The summed E-state index contributed by atoms with van der Waals surface area (Å²) in [6, 6.07) is 4.94. The van der Waals surface area contributed by atoms with Gasteiger partial charge in [0.05, 0.1) is 27.1 Å². The molecule has 2 aromatic carbocycles. The highest BCUT2D eigenvalue weighted by Crippen LogP contribution is 2.43. The van der Waals surface area contributed by atoms with Gasteiger partial charge in [0.15, 0.2) is 11.3 Å². The van der Waals surface area contributed by atoms with Crippen molar-refractivity contribution in [2.24, 2.45) is 7.05 Å². The number of hydrogen-bond acceptors (Lipinski definition) is 4. The Kier molecular flexibility index (Phi) is 4.51. The van der Waals surface area contributed by atoms with Crippen LogP contribution in [0.15, 0.2) is 39.5 Å². The normalized spacial score (nSPS) is 12.8. The molecule has 1 N–H and O–H groups in total. The molecule has 12 heteroatoms. The average molecular weight is 463 g/mol. The van der Waals surface area contributed by atoms with Crippen molar-refractivity contribution in [1.82, 2.24) is 9.78 Å². The van der Waals surface area contributed by atoms with E-state index in [0.29, 0.717) is 6.07 Å². The Hall–Kier alpha value is -3.21. The molecule has 0 saturated carbocycles. The van der Waals surface area contributed by atoms with Crippen LogP contribution in [0.3, 0.4) is 0 Å². The van der Waals surface area contributed by atoms with E-state index in [9.17, 15) is 36.2 Å². The van der Waals surface area contributed by atoms with Crippen LogP contribution in [0.2, 0.25) is 5.02 Å². The van der Waals surface area contributed by atoms with Gasteiger partial charge in [-0.15, -0.1) is 0 Å². The van der Waals surface area contributed by atoms with E-state index in [4.69, 9.17) is 16.0 Å². The minimum atomic E-state index is -5.00. The van der Waals surface area contributed by atoms with Gasteiger partial charge in [0.1, 0.15) is 5.75 Å².